The third-order valence-electron chi connectivity index (χ3n) is 4.12. The Bertz CT molecular complexity index is 600. The lowest BCUT2D eigenvalue weighted by Gasteiger charge is -2.34. The maximum absolute atomic E-state index is 12.3. The summed E-state index contributed by atoms with van der Waals surface area (Å²) in [5.74, 6) is -0.462. The quantitative estimate of drug-likeness (QED) is 0.869. The first-order chi connectivity index (χ1) is 10.5. The second-order valence-corrected chi connectivity index (χ2v) is 5.57. The first kappa shape index (κ1) is 16.0. The van der Waals surface area contributed by atoms with E-state index in [1.807, 2.05) is 17.9 Å². The summed E-state index contributed by atoms with van der Waals surface area (Å²) in [6, 6.07) is 8.57. The van der Waals surface area contributed by atoms with Crippen molar-refractivity contribution in [3.8, 4) is 6.07 Å². The number of nitrogens with two attached hydrogens (primary N) is 1. The van der Waals surface area contributed by atoms with Gasteiger partial charge in [0.15, 0.2) is 0 Å². The van der Waals surface area contributed by atoms with E-state index >= 15 is 0 Å². The fourth-order valence-electron chi connectivity index (χ4n) is 2.65. The van der Waals surface area contributed by atoms with Crippen LogP contribution in [0.15, 0.2) is 24.3 Å². The molecule has 0 spiro atoms. The van der Waals surface area contributed by atoms with E-state index in [0.29, 0.717) is 37.2 Å². The Kier molecular flexibility index (Phi) is 5.12. The first-order valence-corrected chi connectivity index (χ1v) is 7.35. The molecule has 0 saturated carbocycles. The molecular weight excluding hydrogens is 280 g/mol. The van der Waals surface area contributed by atoms with Gasteiger partial charge in [-0.05, 0) is 51.1 Å². The van der Waals surface area contributed by atoms with Gasteiger partial charge in [0.05, 0.1) is 17.7 Å². The minimum absolute atomic E-state index is 0.0844. The van der Waals surface area contributed by atoms with Gasteiger partial charge < -0.3 is 11.1 Å². The van der Waals surface area contributed by atoms with E-state index in [4.69, 9.17) is 11.0 Å². The molecule has 1 heterocycles. The molecule has 0 bridgehead atoms. The number of nitrogens with one attached hydrogen (secondary N) is 1. The van der Waals surface area contributed by atoms with Crippen LogP contribution < -0.4 is 11.1 Å². The Morgan fingerprint density at radius 2 is 2.09 bits per heavy atom. The summed E-state index contributed by atoms with van der Waals surface area (Å²) >= 11 is 0. The van der Waals surface area contributed by atoms with Crippen molar-refractivity contribution in [3.05, 3.63) is 29.8 Å². The van der Waals surface area contributed by atoms with Crippen molar-refractivity contribution in [2.24, 2.45) is 11.7 Å². The minimum atomic E-state index is -0.292. The lowest BCUT2D eigenvalue weighted by molar-refractivity contribution is -0.124. The second-order valence-electron chi connectivity index (χ2n) is 5.57. The van der Waals surface area contributed by atoms with E-state index in [1.54, 1.807) is 24.3 Å². The number of primary amides is 1. The molecule has 1 aliphatic heterocycles. The van der Waals surface area contributed by atoms with E-state index in [1.165, 1.54) is 0 Å². The Hall–Kier alpha value is -2.39. The zero-order valence-electron chi connectivity index (χ0n) is 12.6. The average molecular weight is 300 g/mol. The molecule has 1 fully saturated rings. The number of carbonyl (C=O) groups is 2. The van der Waals surface area contributed by atoms with E-state index < -0.39 is 0 Å². The Balaban J connectivity index is 1.92. The standard InChI is InChI=1S/C16H20N4O2/c1-11(20-7-5-13(6-8-20)15(18)21)16(22)19-14-4-2-3-12(9-14)10-17/h2-4,9,11,13H,5-8H2,1H3,(H2,18,21)(H,19,22)/t11-/m0/s1. The van der Waals surface area contributed by atoms with E-state index in [2.05, 4.69) is 5.32 Å². The van der Waals surface area contributed by atoms with Gasteiger partial charge in [-0.25, -0.2) is 0 Å². The van der Waals surface area contributed by atoms with Crippen molar-refractivity contribution in [2.75, 3.05) is 18.4 Å². The lowest BCUT2D eigenvalue weighted by atomic mass is 9.95. The van der Waals surface area contributed by atoms with Crippen molar-refractivity contribution in [1.29, 1.82) is 5.26 Å². The van der Waals surface area contributed by atoms with E-state index in [0.717, 1.165) is 0 Å². The van der Waals surface area contributed by atoms with Crippen LogP contribution in [-0.4, -0.2) is 35.8 Å². The van der Waals surface area contributed by atoms with Crippen molar-refractivity contribution in [1.82, 2.24) is 4.90 Å². The van der Waals surface area contributed by atoms with Gasteiger partial charge in [0.2, 0.25) is 11.8 Å². The first-order valence-electron chi connectivity index (χ1n) is 7.35. The topological polar surface area (TPSA) is 99.2 Å². The monoisotopic (exact) mass is 300 g/mol. The third-order valence-corrected chi connectivity index (χ3v) is 4.12. The summed E-state index contributed by atoms with van der Waals surface area (Å²) in [7, 11) is 0. The maximum atomic E-state index is 12.3. The number of nitrogens with zero attached hydrogens (tertiary/aromatic N) is 2. The van der Waals surface area contributed by atoms with Gasteiger partial charge in [0.1, 0.15) is 0 Å². The number of carbonyl (C=O) groups excluding carboxylic acids is 2. The summed E-state index contributed by atoms with van der Waals surface area (Å²) in [4.78, 5) is 25.5. The number of hydrogen-bond donors (Lipinski definition) is 2. The van der Waals surface area contributed by atoms with Crippen LogP contribution >= 0.6 is 0 Å². The highest BCUT2D eigenvalue weighted by Gasteiger charge is 2.28. The van der Waals surface area contributed by atoms with E-state index in [9.17, 15) is 9.59 Å². The largest absolute Gasteiger partial charge is 0.369 e. The number of hydrogen-bond acceptors (Lipinski definition) is 4. The van der Waals surface area contributed by atoms with Gasteiger partial charge in [-0.2, -0.15) is 5.26 Å². The van der Waals surface area contributed by atoms with Crippen molar-refractivity contribution < 1.29 is 9.59 Å². The molecule has 0 radical (unpaired) electrons. The molecule has 1 saturated heterocycles. The predicted octanol–water partition coefficient (Wildman–Crippen LogP) is 1.08. The molecule has 6 nitrogen and oxygen atoms in total. The van der Waals surface area contributed by atoms with Crippen LogP contribution in [0, 0.1) is 17.2 Å². The summed E-state index contributed by atoms with van der Waals surface area (Å²) in [6.07, 6.45) is 1.38. The van der Waals surface area contributed by atoms with Crippen LogP contribution in [-0.2, 0) is 9.59 Å². The normalized spacial score (nSPS) is 17.5. The molecule has 0 aliphatic carbocycles. The van der Waals surface area contributed by atoms with Gasteiger partial charge >= 0.3 is 0 Å². The van der Waals surface area contributed by atoms with Crippen molar-refractivity contribution >= 4 is 17.5 Å². The van der Waals surface area contributed by atoms with Crippen LogP contribution in [0.1, 0.15) is 25.3 Å². The molecule has 1 atom stereocenters. The van der Waals surface area contributed by atoms with Gasteiger partial charge in [0, 0.05) is 11.6 Å². The molecule has 22 heavy (non-hydrogen) atoms. The minimum Gasteiger partial charge on any atom is -0.369 e. The Morgan fingerprint density at radius 3 is 2.68 bits per heavy atom. The molecule has 2 rings (SSSR count). The fraction of sp³-hybridized carbons (Fsp3) is 0.438. The zero-order chi connectivity index (χ0) is 16.1. The molecule has 1 aliphatic rings. The van der Waals surface area contributed by atoms with Gasteiger partial charge in [-0.1, -0.05) is 6.07 Å². The molecule has 116 valence electrons. The number of benzene rings is 1. The summed E-state index contributed by atoms with van der Waals surface area (Å²) in [5.41, 5.74) is 6.44. The zero-order valence-corrected chi connectivity index (χ0v) is 12.6. The molecule has 1 aromatic rings. The van der Waals surface area contributed by atoms with Crippen molar-refractivity contribution in [2.45, 2.75) is 25.8 Å². The molecule has 6 heteroatoms. The summed E-state index contributed by atoms with van der Waals surface area (Å²) < 4.78 is 0. The number of piperidine rings is 1. The number of likely N-dealkylation sites (tertiary alicyclic amines) is 1. The SMILES string of the molecule is C[C@@H](C(=O)Nc1cccc(C#N)c1)N1CCC(C(N)=O)CC1. The van der Waals surface area contributed by atoms with Crippen LogP contribution in [0.3, 0.4) is 0 Å². The number of rotatable bonds is 4. The highest BCUT2D eigenvalue weighted by molar-refractivity contribution is 5.94. The fourth-order valence-corrected chi connectivity index (χ4v) is 2.65. The van der Waals surface area contributed by atoms with Crippen molar-refractivity contribution in [3.63, 3.8) is 0 Å². The maximum Gasteiger partial charge on any atom is 0.241 e. The highest BCUT2D eigenvalue weighted by atomic mass is 16.2. The van der Waals surface area contributed by atoms with E-state index in [-0.39, 0.29) is 23.8 Å². The summed E-state index contributed by atoms with van der Waals surface area (Å²) in [5, 5.41) is 11.7. The van der Waals surface area contributed by atoms with Gasteiger partial charge in [0.25, 0.3) is 0 Å². The molecule has 3 N–H and O–H groups in total. The van der Waals surface area contributed by atoms with Crippen LogP contribution in [0.4, 0.5) is 5.69 Å². The van der Waals surface area contributed by atoms with Crippen LogP contribution in [0.25, 0.3) is 0 Å². The number of anilines is 1. The predicted molar refractivity (Wildman–Crippen MR) is 82.7 cm³/mol. The highest BCUT2D eigenvalue weighted by Crippen LogP contribution is 2.19. The molecular formula is C16H20N4O2. The third kappa shape index (κ3) is 3.83. The number of nitriles is 1. The lowest BCUT2D eigenvalue weighted by Crippen LogP contribution is -2.47. The van der Waals surface area contributed by atoms with Crippen LogP contribution in [0.5, 0.6) is 0 Å². The number of amides is 2. The van der Waals surface area contributed by atoms with Gasteiger partial charge in [-0.3, -0.25) is 14.5 Å². The summed E-state index contributed by atoms with van der Waals surface area (Å²) in [6.45, 7) is 3.20. The molecule has 0 unspecified atom stereocenters. The second kappa shape index (κ2) is 7.05. The van der Waals surface area contributed by atoms with Gasteiger partial charge in [-0.15, -0.1) is 0 Å². The Morgan fingerprint density at radius 1 is 1.41 bits per heavy atom. The molecule has 1 aromatic carbocycles. The van der Waals surface area contributed by atoms with Crippen LogP contribution in [0.2, 0.25) is 0 Å². The smallest absolute Gasteiger partial charge is 0.241 e. The Labute approximate surface area is 129 Å². The average Bonchev–Trinajstić information content (AvgIpc) is 2.54. The molecule has 2 amide bonds. The molecule has 0 aromatic heterocycles.